The molecular weight excluding hydrogens is 428 g/mol. The van der Waals surface area contributed by atoms with Crippen LogP contribution in [0.1, 0.15) is 73.2 Å². The Morgan fingerprint density at radius 2 is 1.72 bits per heavy atom. The van der Waals surface area contributed by atoms with Gasteiger partial charge in [-0.3, -0.25) is 9.71 Å². The van der Waals surface area contributed by atoms with Crippen molar-refractivity contribution in [2.24, 2.45) is 11.8 Å². The van der Waals surface area contributed by atoms with Gasteiger partial charge in [0.1, 0.15) is 10.6 Å². The largest absolute Gasteiger partial charge is 0.495 e. The lowest BCUT2D eigenvalue weighted by Gasteiger charge is -2.32. The van der Waals surface area contributed by atoms with Crippen molar-refractivity contribution in [2.45, 2.75) is 62.2 Å². The molecule has 0 radical (unpaired) electrons. The van der Waals surface area contributed by atoms with E-state index in [1.165, 1.54) is 70.0 Å². The van der Waals surface area contributed by atoms with Gasteiger partial charge in [-0.2, -0.15) is 0 Å². The fourth-order valence-corrected chi connectivity index (χ4v) is 6.34. The van der Waals surface area contributed by atoms with Crippen molar-refractivity contribution in [3.8, 4) is 5.75 Å². The molecule has 2 aliphatic carbocycles. The van der Waals surface area contributed by atoms with E-state index in [4.69, 9.17) is 9.84 Å². The Hall–Kier alpha value is -2.61. The Bertz CT molecular complexity index is 1070. The zero-order valence-electron chi connectivity index (χ0n) is 18.3. The number of hydrogen-bond acceptors (Lipinski definition) is 5. The van der Waals surface area contributed by atoms with E-state index < -0.39 is 16.0 Å². The second-order valence-electron chi connectivity index (χ2n) is 8.94. The zero-order valence-corrected chi connectivity index (χ0v) is 19.1. The van der Waals surface area contributed by atoms with Crippen molar-refractivity contribution in [3.63, 3.8) is 0 Å². The summed E-state index contributed by atoms with van der Waals surface area (Å²) in [6.07, 6.45) is 13.1. The summed E-state index contributed by atoms with van der Waals surface area (Å²) < 4.78 is 33.7. The number of ether oxygens (including phenoxy) is 1. The summed E-state index contributed by atoms with van der Waals surface area (Å²) in [7, 11) is -2.54. The number of aromatic carboxylic acids is 1. The average molecular weight is 459 g/mol. The van der Waals surface area contributed by atoms with Crippen LogP contribution in [0.3, 0.4) is 0 Å². The van der Waals surface area contributed by atoms with Crippen LogP contribution in [0.2, 0.25) is 0 Å². The van der Waals surface area contributed by atoms with E-state index in [0.29, 0.717) is 5.92 Å². The molecule has 2 saturated carbocycles. The molecule has 1 aromatic heterocycles. The van der Waals surface area contributed by atoms with Crippen molar-refractivity contribution in [2.75, 3.05) is 11.8 Å². The summed E-state index contributed by atoms with van der Waals surface area (Å²) in [5.41, 5.74) is 1.16. The first-order chi connectivity index (χ1) is 15.4. The third-order valence-electron chi connectivity index (χ3n) is 7.05. The molecular formula is C24H30N2O5S. The number of methoxy groups -OCH3 is 1. The fraction of sp³-hybridized carbons (Fsp3) is 0.500. The number of carboxylic acids is 1. The molecule has 2 aromatic rings. The maximum absolute atomic E-state index is 13.0. The molecule has 2 fully saturated rings. The second kappa shape index (κ2) is 9.48. The summed E-state index contributed by atoms with van der Waals surface area (Å²) in [4.78, 5) is 15.5. The molecule has 1 heterocycles. The van der Waals surface area contributed by atoms with Gasteiger partial charge in [-0.05, 0) is 73.3 Å². The highest BCUT2D eigenvalue weighted by atomic mass is 32.2. The highest BCUT2D eigenvalue weighted by Gasteiger charge is 2.30. The lowest BCUT2D eigenvalue weighted by Crippen LogP contribution is -2.20. The summed E-state index contributed by atoms with van der Waals surface area (Å²) in [5, 5.41) is 9.14. The predicted octanol–water partition coefficient (Wildman–Crippen LogP) is 5.05. The molecule has 172 valence electrons. The Morgan fingerprint density at radius 3 is 2.38 bits per heavy atom. The van der Waals surface area contributed by atoms with E-state index in [0.717, 1.165) is 30.2 Å². The molecule has 4 rings (SSSR count). The van der Waals surface area contributed by atoms with Crippen LogP contribution in [0.4, 0.5) is 5.69 Å². The number of carboxylic acid groups (broad SMARTS) is 1. The number of nitrogens with zero attached hydrogens (tertiary/aromatic N) is 1. The number of rotatable bonds is 7. The smallest absolute Gasteiger partial charge is 0.335 e. The van der Waals surface area contributed by atoms with Gasteiger partial charge < -0.3 is 9.84 Å². The van der Waals surface area contributed by atoms with Crippen molar-refractivity contribution in [3.05, 3.63) is 47.8 Å². The van der Waals surface area contributed by atoms with E-state index in [-0.39, 0.29) is 21.9 Å². The number of nitrogens with one attached hydrogen (secondary N) is 1. The second-order valence-corrected chi connectivity index (χ2v) is 10.6. The molecule has 0 unspecified atom stereocenters. The quantitative estimate of drug-likeness (QED) is 0.601. The average Bonchev–Trinajstić information content (AvgIpc) is 3.34. The van der Waals surface area contributed by atoms with Gasteiger partial charge in [-0.15, -0.1) is 0 Å². The van der Waals surface area contributed by atoms with Crippen LogP contribution in [0.5, 0.6) is 5.75 Å². The molecule has 0 atom stereocenters. The van der Waals surface area contributed by atoms with Crippen molar-refractivity contribution in [1.29, 1.82) is 0 Å². The predicted molar refractivity (Wildman–Crippen MR) is 122 cm³/mol. The Balaban J connectivity index is 1.48. The van der Waals surface area contributed by atoms with Gasteiger partial charge in [0, 0.05) is 12.4 Å². The maximum atomic E-state index is 13.0. The van der Waals surface area contributed by atoms with E-state index in [1.54, 1.807) is 12.3 Å². The van der Waals surface area contributed by atoms with Gasteiger partial charge in [-0.1, -0.05) is 25.7 Å². The minimum Gasteiger partial charge on any atom is -0.495 e. The van der Waals surface area contributed by atoms with Gasteiger partial charge in [-0.25, -0.2) is 13.2 Å². The Labute approximate surface area is 189 Å². The molecule has 32 heavy (non-hydrogen) atoms. The minimum absolute atomic E-state index is 0.0154. The van der Waals surface area contributed by atoms with Crippen LogP contribution in [0, 0.1) is 11.8 Å². The van der Waals surface area contributed by atoms with Crippen molar-refractivity contribution >= 4 is 21.7 Å². The Morgan fingerprint density at radius 1 is 1.03 bits per heavy atom. The SMILES string of the molecule is COc1cc(C(=O)O)ccc1NS(=O)(=O)c1cncc(C2CCC(C3CCCC3)CC2)c1. The lowest BCUT2D eigenvalue weighted by atomic mass is 9.73. The molecule has 8 heteroatoms. The van der Waals surface area contributed by atoms with E-state index in [9.17, 15) is 13.2 Å². The van der Waals surface area contributed by atoms with Crippen LogP contribution in [0.15, 0.2) is 41.6 Å². The molecule has 2 aliphatic rings. The van der Waals surface area contributed by atoms with Gasteiger partial charge in [0.25, 0.3) is 10.0 Å². The molecule has 2 N–H and O–H groups in total. The minimum atomic E-state index is -3.90. The van der Waals surface area contributed by atoms with Crippen LogP contribution in [0.25, 0.3) is 0 Å². The molecule has 0 bridgehead atoms. The number of hydrogen-bond donors (Lipinski definition) is 2. The first-order valence-electron chi connectivity index (χ1n) is 11.3. The van der Waals surface area contributed by atoms with E-state index >= 15 is 0 Å². The van der Waals surface area contributed by atoms with Gasteiger partial charge >= 0.3 is 5.97 Å². The molecule has 0 aliphatic heterocycles. The Kier molecular flexibility index (Phi) is 6.69. The first kappa shape index (κ1) is 22.6. The number of pyridine rings is 1. The lowest BCUT2D eigenvalue weighted by molar-refractivity contribution is 0.0696. The molecule has 7 nitrogen and oxygen atoms in total. The summed E-state index contributed by atoms with van der Waals surface area (Å²) in [6, 6.07) is 5.73. The zero-order chi connectivity index (χ0) is 22.7. The number of benzene rings is 1. The third kappa shape index (κ3) is 4.90. The number of anilines is 1. The standard InChI is InChI=1S/C24H30N2O5S/c1-31-23-13-19(24(27)28)10-11-22(23)26-32(29,30)21-12-20(14-25-15-21)18-8-6-17(7-9-18)16-4-2-3-5-16/h10-18,26H,2-9H2,1H3,(H,27,28). The highest BCUT2D eigenvalue weighted by Crippen LogP contribution is 2.43. The summed E-state index contributed by atoms with van der Waals surface area (Å²) in [5.74, 6) is 1.06. The number of aromatic nitrogens is 1. The highest BCUT2D eigenvalue weighted by molar-refractivity contribution is 7.92. The van der Waals surface area contributed by atoms with Crippen LogP contribution >= 0.6 is 0 Å². The van der Waals surface area contributed by atoms with Gasteiger partial charge in [0.2, 0.25) is 0 Å². The first-order valence-corrected chi connectivity index (χ1v) is 12.7. The maximum Gasteiger partial charge on any atom is 0.335 e. The van der Waals surface area contributed by atoms with Crippen molar-refractivity contribution in [1.82, 2.24) is 4.98 Å². The fourth-order valence-electron chi connectivity index (χ4n) is 5.27. The summed E-state index contributed by atoms with van der Waals surface area (Å²) >= 11 is 0. The van der Waals surface area contributed by atoms with E-state index in [2.05, 4.69) is 9.71 Å². The third-order valence-corrected chi connectivity index (χ3v) is 8.38. The molecule has 0 spiro atoms. The molecule has 0 amide bonds. The topological polar surface area (TPSA) is 106 Å². The molecule has 1 aromatic carbocycles. The van der Waals surface area contributed by atoms with Gasteiger partial charge in [0.15, 0.2) is 0 Å². The number of carbonyl (C=O) groups is 1. The monoisotopic (exact) mass is 458 g/mol. The van der Waals surface area contributed by atoms with E-state index in [1.807, 2.05) is 0 Å². The van der Waals surface area contributed by atoms with Crippen molar-refractivity contribution < 1.29 is 23.1 Å². The normalized spacial score (nSPS) is 21.9. The van der Waals surface area contributed by atoms with Crippen LogP contribution in [-0.4, -0.2) is 31.6 Å². The summed E-state index contributed by atoms with van der Waals surface area (Å²) in [6.45, 7) is 0. The number of sulfonamides is 1. The molecule has 0 saturated heterocycles. The van der Waals surface area contributed by atoms with Crippen LogP contribution in [-0.2, 0) is 10.0 Å². The van der Waals surface area contributed by atoms with Crippen LogP contribution < -0.4 is 9.46 Å². The van der Waals surface area contributed by atoms with Gasteiger partial charge in [0.05, 0.1) is 18.4 Å².